The van der Waals surface area contributed by atoms with Crippen molar-refractivity contribution in [1.82, 2.24) is 24.6 Å². The van der Waals surface area contributed by atoms with Crippen LogP contribution < -0.4 is 0 Å². The summed E-state index contributed by atoms with van der Waals surface area (Å²) in [5, 5.41) is 5.51. The first-order chi connectivity index (χ1) is 12.0. The summed E-state index contributed by atoms with van der Waals surface area (Å²) in [5.41, 5.74) is 3.53. The van der Waals surface area contributed by atoms with Gasteiger partial charge in [-0.05, 0) is 38.8 Å². The Bertz CT molecular complexity index is 942. The van der Waals surface area contributed by atoms with Crippen molar-refractivity contribution in [3.8, 4) is 0 Å². The molecule has 0 saturated carbocycles. The minimum Gasteiger partial charge on any atom is -0.438 e. The normalized spacial score (nSPS) is 18.0. The van der Waals surface area contributed by atoms with Gasteiger partial charge in [0.25, 0.3) is 5.91 Å². The van der Waals surface area contributed by atoms with Crippen LogP contribution in [0, 0.1) is 13.8 Å². The number of hydrogen-bond donors (Lipinski definition) is 0. The third-order valence-electron chi connectivity index (χ3n) is 4.96. The Morgan fingerprint density at radius 2 is 2.12 bits per heavy atom. The quantitative estimate of drug-likeness (QED) is 0.717. The van der Waals surface area contributed by atoms with E-state index < -0.39 is 0 Å². The summed E-state index contributed by atoms with van der Waals surface area (Å²) in [6.45, 7) is 5.17. The maximum atomic E-state index is 12.7. The molecule has 3 aromatic heterocycles. The lowest BCUT2D eigenvalue weighted by molar-refractivity contribution is 0.0672. The molecule has 0 unspecified atom stereocenters. The van der Waals surface area contributed by atoms with Gasteiger partial charge in [-0.25, -0.2) is 9.97 Å². The van der Waals surface area contributed by atoms with Crippen molar-refractivity contribution in [3.05, 3.63) is 41.4 Å². The Hall–Kier alpha value is -2.70. The lowest BCUT2D eigenvalue weighted by Crippen LogP contribution is -2.39. The van der Waals surface area contributed by atoms with E-state index in [0.717, 1.165) is 41.8 Å². The van der Waals surface area contributed by atoms with E-state index in [1.807, 2.05) is 23.6 Å². The molecule has 4 heterocycles. The SMILES string of the molecule is Cc1ncoc1C(=O)N1CCC[C@H](c2ccc3c(C)nn(C)c3n2)C1. The van der Waals surface area contributed by atoms with E-state index >= 15 is 0 Å². The van der Waals surface area contributed by atoms with Crippen molar-refractivity contribution in [3.63, 3.8) is 0 Å². The van der Waals surface area contributed by atoms with Gasteiger partial charge in [-0.2, -0.15) is 5.10 Å². The molecule has 1 amide bonds. The molecular weight excluding hydrogens is 318 g/mol. The van der Waals surface area contributed by atoms with Crippen molar-refractivity contribution in [1.29, 1.82) is 0 Å². The molecule has 130 valence electrons. The summed E-state index contributed by atoms with van der Waals surface area (Å²) < 4.78 is 7.08. The standard InChI is InChI=1S/C18H21N5O2/c1-11-14-6-7-15(20-17(14)22(3)21-11)13-5-4-8-23(9-13)18(24)16-12(2)19-10-25-16/h6-7,10,13H,4-5,8-9H2,1-3H3/t13-/m0/s1. The molecule has 25 heavy (non-hydrogen) atoms. The average Bonchev–Trinajstić information content (AvgIpc) is 3.17. The van der Waals surface area contributed by atoms with Crippen LogP contribution in [0.25, 0.3) is 11.0 Å². The number of aryl methyl sites for hydroxylation is 3. The molecule has 3 aromatic rings. The van der Waals surface area contributed by atoms with Crippen LogP contribution in [-0.2, 0) is 7.05 Å². The van der Waals surface area contributed by atoms with E-state index in [0.29, 0.717) is 18.0 Å². The Balaban J connectivity index is 1.60. The molecule has 1 aliphatic heterocycles. The number of rotatable bonds is 2. The third-order valence-corrected chi connectivity index (χ3v) is 4.96. The molecule has 4 rings (SSSR count). The Morgan fingerprint density at radius 1 is 1.28 bits per heavy atom. The number of hydrogen-bond acceptors (Lipinski definition) is 5. The van der Waals surface area contributed by atoms with Gasteiger partial charge < -0.3 is 9.32 Å². The number of likely N-dealkylation sites (tertiary alicyclic amines) is 1. The Morgan fingerprint density at radius 3 is 2.88 bits per heavy atom. The van der Waals surface area contributed by atoms with Gasteiger partial charge in [-0.1, -0.05) is 0 Å². The minimum absolute atomic E-state index is 0.0860. The number of amides is 1. The fourth-order valence-electron chi connectivity index (χ4n) is 3.60. The number of piperidine rings is 1. The second kappa shape index (κ2) is 5.98. The number of oxazole rings is 1. The average molecular weight is 339 g/mol. The van der Waals surface area contributed by atoms with Gasteiger partial charge in [-0.3, -0.25) is 9.48 Å². The second-order valence-electron chi connectivity index (χ2n) is 6.67. The monoisotopic (exact) mass is 339 g/mol. The first-order valence-electron chi connectivity index (χ1n) is 8.54. The lowest BCUT2D eigenvalue weighted by atomic mass is 9.94. The van der Waals surface area contributed by atoms with Crippen LogP contribution in [0.4, 0.5) is 0 Å². The van der Waals surface area contributed by atoms with Crippen LogP contribution in [0.3, 0.4) is 0 Å². The number of carbonyl (C=O) groups excluding carboxylic acids is 1. The molecule has 7 heteroatoms. The number of aromatic nitrogens is 4. The molecule has 1 atom stereocenters. The predicted octanol–water partition coefficient (Wildman–Crippen LogP) is 2.59. The van der Waals surface area contributed by atoms with E-state index in [2.05, 4.69) is 22.2 Å². The van der Waals surface area contributed by atoms with Gasteiger partial charge in [0.05, 0.1) is 11.4 Å². The van der Waals surface area contributed by atoms with Crippen LogP contribution >= 0.6 is 0 Å². The molecular formula is C18H21N5O2. The smallest absolute Gasteiger partial charge is 0.291 e. The molecule has 7 nitrogen and oxygen atoms in total. The number of nitrogens with zero attached hydrogens (tertiary/aromatic N) is 5. The van der Waals surface area contributed by atoms with E-state index in [-0.39, 0.29) is 11.8 Å². The molecule has 0 radical (unpaired) electrons. The summed E-state index contributed by atoms with van der Waals surface area (Å²) in [6.07, 6.45) is 3.30. The molecule has 0 bridgehead atoms. The Labute approximate surface area is 145 Å². The van der Waals surface area contributed by atoms with Crippen LogP contribution in [0.5, 0.6) is 0 Å². The van der Waals surface area contributed by atoms with Crippen LogP contribution in [0.2, 0.25) is 0 Å². The van der Waals surface area contributed by atoms with Crippen molar-refractivity contribution in [2.75, 3.05) is 13.1 Å². The van der Waals surface area contributed by atoms with Crippen LogP contribution in [0.15, 0.2) is 22.9 Å². The molecule has 1 saturated heterocycles. The summed E-state index contributed by atoms with van der Waals surface area (Å²) in [5.74, 6) is 0.476. The van der Waals surface area contributed by atoms with Gasteiger partial charge in [0.2, 0.25) is 5.76 Å². The van der Waals surface area contributed by atoms with E-state index in [9.17, 15) is 4.79 Å². The van der Waals surface area contributed by atoms with Gasteiger partial charge >= 0.3 is 0 Å². The second-order valence-corrected chi connectivity index (χ2v) is 6.67. The fourth-order valence-corrected chi connectivity index (χ4v) is 3.60. The fraction of sp³-hybridized carbons (Fsp3) is 0.444. The molecule has 0 spiro atoms. The highest BCUT2D eigenvalue weighted by Gasteiger charge is 2.29. The maximum Gasteiger partial charge on any atom is 0.291 e. The molecule has 0 aromatic carbocycles. The summed E-state index contributed by atoms with van der Waals surface area (Å²) in [4.78, 5) is 23.4. The highest BCUT2D eigenvalue weighted by Crippen LogP contribution is 2.28. The maximum absolute atomic E-state index is 12.7. The molecule has 1 fully saturated rings. The summed E-state index contributed by atoms with van der Waals surface area (Å²) in [6, 6.07) is 4.15. The van der Waals surface area contributed by atoms with Crippen LogP contribution in [0.1, 0.15) is 46.4 Å². The number of carbonyl (C=O) groups is 1. The highest BCUT2D eigenvalue weighted by molar-refractivity contribution is 5.92. The number of pyridine rings is 1. The molecule has 0 N–H and O–H groups in total. The van der Waals surface area contributed by atoms with Crippen molar-refractivity contribution >= 4 is 16.9 Å². The van der Waals surface area contributed by atoms with E-state index in [1.165, 1.54) is 6.39 Å². The van der Waals surface area contributed by atoms with Crippen molar-refractivity contribution < 1.29 is 9.21 Å². The van der Waals surface area contributed by atoms with Gasteiger partial charge in [0.15, 0.2) is 12.0 Å². The largest absolute Gasteiger partial charge is 0.438 e. The minimum atomic E-state index is -0.0860. The van der Waals surface area contributed by atoms with Gasteiger partial charge in [0.1, 0.15) is 0 Å². The zero-order valence-electron chi connectivity index (χ0n) is 14.7. The zero-order valence-corrected chi connectivity index (χ0v) is 14.7. The summed E-state index contributed by atoms with van der Waals surface area (Å²) >= 11 is 0. The predicted molar refractivity (Wildman–Crippen MR) is 92.4 cm³/mol. The van der Waals surface area contributed by atoms with Gasteiger partial charge in [-0.15, -0.1) is 0 Å². The van der Waals surface area contributed by atoms with Crippen molar-refractivity contribution in [2.45, 2.75) is 32.6 Å². The topological polar surface area (TPSA) is 77.0 Å². The van der Waals surface area contributed by atoms with Gasteiger partial charge in [0, 0.05) is 37.1 Å². The molecule has 0 aliphatic carbocycles. The summed E-state index contributed by atoms with van der Waals surface area (Å²) in [7, 11) is 1.91. The van der Waals surface area contributed by atoms with E-state index in [1.54, 1.807) is 6.92 Å². The first kappa shape index (κ1) is 15.8. The number of fused-ring (bicyclic) bond motifs is 1. The molecule has 1 aliphatic rings. The third kappa shape index (κ3) is 2.69. The Kier molecular flexibility index (Phi) is 3.78. The lowest BCUT2D eigenvalue weighted by Gasteiger charge is -2.32. The highest BCUT2D eigenvalue weighted by atomic mass is 16.3. The van der Waals surface area contributed by atoms with E-state index in [4.69, 9.17) is 9.40 Å². The van der Waals surface area contributed by atoms with Crippen molar-refractivity contribution in [2.24, 2.45) is 7.05 Å². The first-order valence-corrected chi connectivity index (χ1v) is 8.54. The van der Waals surface area contributed by atoms with Crippen LogP contribution in [-0.4, -0.2) is 43.6 Å². The zero-order chi connectivity index (χ0) is 17.6.